The predicted molar refractivity (Wildman–Crippen MR) is 109 cm³/mol. The molecule has 4 rings (SSSR count). The highest BCUT2D eigenvalue weighted by Crippen LogP contribution is 2.38. The maximum absolute atomic E-state index is 13.2. The second kappa shape index (κ2) is 7.24. The third-order valence-electron chi connectivity index (χ3n) is 5.09. The summed E-state index contributed by atoms with van der Waals surface area (Å²) >= 11 is 6.05. The Labute approximate surface area is 168 Å². The number of rotatable bonds is 4. The number of hydrogen-bond donors (Lipinski definition) is 1. The highest BCUT2D eigenvalue weighted by molar-refractivity contribution is 6.31. The summed E-state index contributed by atoms with van der Waals surface area (Å²) in [5, 5.41) is 8.05. The third kappa shape index (κ3) is 3.22. The first-order valence-corrected chi connectivity index (χ1v) is 9.64. The maximum atomic E-state index is 13.2. The van der Waals surface area contributed by atoms with Crippen LogP contribution in [0.15, 0.2) is 48.5 Å². The van der Waals surface area contributed by atoms with E-state index in [2.05, 4.69) is 23.4 Å². The van der Waals surface area contributed by atoms with Crippen molar-refractivity contribution in [3.8, 4) is 5.69 Å². The Bertz CT molecular complexity index is 1090. The monoisotopic (exact) mass is 393 g/mol. The normalized spacial score (nSPS) is 15.8. The first-order valence-electron chi connectivity index (χ1n) is 9.26. The lowest BCUT2D eigenvalue weighted by Gasteiger charge is -2.23. The average molecular weight is 394 g/mol. The van der Waals surface area contributed by atoms with Gasteiger partial charge in [0.25, 0.3) is 0 Å². The number of ketones is 1. The Morgan fingerprint density at radius 2 is 2.04 bits per heavy atom. The summed E-state index contributed by atoms with van der Waals surface area (Å²) in [5.74, 6) is -0.322. The molecule has 0 bridgehead atoms. The molecule has 0 spiro atoms. The van der Waals surface area contributed by atoms with Crippen molar-refractivity contribution in [1.29, 1.82) is 0 Å². The molecule has 2 heterocycles. The van der Waals surface area contributed by atoms with Crippen molar-refractivity contribution < 1.29 is 9.59 Å². The van der Waals surface area contributed by atoms with Crippen LogP contribution in [-0.4, -0.2) is 21.5 Å². The fraction of sp³-hybridized carbons (Fsp3) is 0.227. The zero-order valence-corrected chi connectivity index (χ0v) is 16.5. The summed E-state index contributed by atoms with van der Waals surface area (Å²) in [4.78, 5) is 25.6. The Hall–Kier alpha value is -2.92. The van der Waals surface area contributed by atoms with Crippen LogP contribution in [0.5, 0.6) is 0 Å². The second-order valence-electron chi connectivity index (χ2n) is 6.96. The molecule has 1 N–H and O–H groups in total. The van der Waals surface area contributed by atoms with Gasteiger partial charge in [0.2, 0.25) is 5.91 Å². The molecule has 1 aliphatic rings. The fourth-order valence-electron chi connectivity index (χ4n) is 3.71. The number of benzene rings is 2. The lowest BCUT2D eigenvalue weighted by atomic mass is 9.85. The number of halogens is 1. The van der Waals surface area contributed by atoms with Gasteiger partial charge in [-0.3, -0.25) is 9.59 Å². The molecule has 0 unspecified atom stereocenters. The van der Waals surface area contributed by atoms with Crippen LogP contribution in [0, 0.1) is 6.92 Å². The smallest absolute Gasteiger partial charge is 0.226 e. The molecule has 142 valence electrons. The van der Waals surface area contributed by atoms with Crippen LogP contribution in [0.2, 0.25) is 5.02 Å². The summed E-state index contributed by atoms with van der Waals surface area (Å²) in [5.41, 5.74) is 4.04. The highest BCUT2D eigenvalue weighted by Gasteiger charge is 2.36. The molecule has 28 heavy (non-hydrogen) atoms. The molecule has 5 nitrogen and oxygen atoms in total. The number of Topliss-reactive ketones (excluding diaryl/α,β-unsaturated/α-hetero) is 1. The van der Waals surface area contributed by atoms with Gasteiger partial charge in [-0.2, -0.15) is 5.10 Å². The molecule has 0 saturated carbocycles. The fourth-order valence-corrected chi connectivity index (χ4v) is 3.90. The Morgan fingerprint density at radius 1 is 1.25 bits per heavy atom. The van der Waals surface area contributed by atoms with Gasteiger partial charge in [-0.1, -0.05) is 42.8 Å². The number of aromatic nitrogens is 2. The number of anilines is 1. The van der Waals surface area contributed by atoms with Crippen LogP contribution in [-0.2, 0) is 11.2 Å². The zero-order chi connectivity index (χ0) is 19.8. The van der Waals surface area contributed by atoms with Gasteiger partial charge >= 0.3 is 0 Å². The van der Waals surface area contributed by atoms with E-state index in [1.165, 1.54) is 5.56 Å². The van der Waals surface area contributed by atoms with Crippen molar-refractivity contribution in [3.63, 3.8) is 0 Å². The van der Waals surface area contributed by atoms with Crippen LogP contribution in [0.25, 0.3) is 5.69 Å². The number of aryl methyl sites for hydroxylation is 2. The van der Waals surface area contributed by atoms with E-state index in [1.54, 1.807) is 28.9 Å². The van der Waals surface area contributed by atoms with E-state index in [4.69, 9.17) is 11.6 Å². The molecule has 1 aliphatic heterocycles. The van der Waals surface area contributed by atoms with Crippen molar-refractivity contribution in [2.75, 3.05) is 5.32 Å². The van der Waals surface area contributed by atoms with Crippen LogP contribution in [0.1, 0.15) is 46.4 Å². The lowest BCUT2D eigenvalue weighted by molar-refractivity contribution is -0.116. The molecule has 1 atom stereocenters. The van der Waals surface area contributed by atoms with Gasteiger partial charge in [0.1, 0.15) is 5.82 Å². The Balaban J connectivity index is 1.82. The molecule has 0 fully saturated rings. The van der Waals surface area contributed by atoms with Crippen LogP contribution < -0.4 is 5.32 Å². The van der Waals surface area contributed by atoms with Crippen molar-refractivity contribution >= 4 is 29.1 Å². The molecule has 3 aromatic rings. The topological polar surface area (TPSA) is 64.0 Å². The van der Waals surface area contributed by atoms with Crippen molar-refractivity contribution in [1.82, 2.24) is 9.78 Å². The van der Waals surface area contributed by atoms with E-state index >= 15 is 0 Å². The van der Waals surface area contributed by atoms with Gasteiger partial charge in [-0.25, -0.2) is 4.68 Å². The molecule has 6 heteroatoms. The van der Waals surface area contributed by atoms with Crippen LogP contribution in [0.4, 0.5) is 5.82 Å². The third-order valence-corrected chi connectivity index (χ3v) is 5.33. The van der Waals surface area contributed by atoms with Gasteiger partial charge in [0, 0.05) is 22.6 Å². The molecule has 1 aromatic heterocycles. The van der Waals surface area contributed by atoms with Gasteiger partial charge in [0.15, 0.2) is 5.78 Å². The minimum absolute atomic E-state index is 0.0971. The summed E-state index contributed by atoms with van der Waals surface area (Å²) in [7, 11) is 0. The van der Waals surface area contributed by atoms with E-state index < -0.39 is 5.92 Å². The van der Waals surface area contributed by atoms with Crippen molar-refractivity contribution in [2.45, 2.75) is 32.6 Å². The van der Waals surface area contributed by atoms with Gasteiger partial charge in [-0.05, 0) is 43.2 Å². The molecule has 0 aliphatic carbocycles. The van der Waals surface area contributed by atoms with E-state index in [9.17, 15) is 9.59 Å². The Kier molecular flexibility index (Phi) is 4.77. The molecule has 0 saturated heterocycles. The predicted octanol–water partition coefficient (Wildman–Crippen LogP) is 4.71. The van der Waals surface area contributed by atoms with Crippen molar-refractivity contribution in [3.05, 3.63) is 75.9 Å². The maximum Gasteiger partial charge on any atom is 0.226 e. The number of nitrogens with one attached hydrogen (secondary N) is 1. The van der Waals surface area contributed by atoms with Gasteiger partial charge < -0.3 is 5.32 Å². The number of fused-ring (bicyclic) bond motifs is 1. The van der Waals surface area contributed by atoms with Crippen LogP contribution >= 0.6 is 11.6 Å². The number of carbonyl (C=O) groups is 2. The lowest BCUT2D eigenvalue weighted by Crippen LogP contribution is -2.28. The van der Waals surface area contributed by atoms with Gasteiger partial charge in [-0.15, -0.1) is 0 Å². The molecular weight excluding hydrogens is 374 g/mol. The molecule has 2 aromatic carbocycles. The molecular formula is C22H20ClN3O2. The minimum atomic E-state index is -0.578. The quantitative estimate of drug-likeness (QED) is 0.653. The van der Waals surface area contributed by atoms with E-state index in [0.717, 1.165) is 23.4 Å². The minimum Gasteiger partial charge on any atom is -0.310 e. The highest BCUT2D eigenvalue weighted by atomic mass is 35.5. The first kappa shape index (κ1) is 18.4. The summed E-state index contributed by atoms with van der Waals surface area (Å²) < 4.78 is 1.72. The summed E-state index contributed by atoms with van der Waals surface area (Å²) in [6.45, 7) is 3.96. The number of nitrogens with zero attached hydrogens (tertiary/aromatic N) is 2. The summed E-state index contributed by atoms with van der Waals surface area (Å²) in [6, 6.07) is 14.8. The Morgan fingerprint density at radius 3 is 2.79 bits per heavy atom. The van der Waals surface area contributed by atoms with Crippen LogP contribution in [0.3, 0.4) is 0 Å². The number of amides is 1. The van der Waals surface area contributed by atoms with E-state index in [1.807, 2.05) is 25.1 Å². The largest absolute Gasteiger partial charge is 0.310 e. The average Bonchev–Trinajstić information content (AvgIpc) is 3.03. The van der Waals surface area contributed by atoms with Crippen molar-refractivity contribution in [2.24, 2.45) is 0 Å². The summed E-state index contributed by atoms with van der Waals surface area (Å²) in [6.07, 6.45) is 0.998. The molecule has 0 radical (unpaired) electrons. The first-order chi connectivity index (χ1) is 13.5. The number of carbonyl (C=O) groups excluding carboxylic acids is 2. The SMILES string of the molecule is CCc1cccc(-n2nc(C)c3c2NC(=O)C[C@H]3C(=O)c2cccc(Cl)c2)c1. The zero-order valence-electron chi connectivity index (χ0n) is 15.7. The number of hydrogen-bond acceptors (Lipinski definition) is 3. The second-order valence-corrected chi connectivity index (χ2v) is 7.40. The van der Waals surface area contributed by atoms with Gasteiger partial charge in [0.05, 0.1) is 17.3 Å². The van der Waals surface area contributed by atoms with E-state index in [0.29, 0.717) is 16.4 Å². The molecule has 1 amide bonds. The van der Waals surface area contributed by atoms with E-state index in [-0.39, 0.29) is 18.1 Å². The standard InChI is InChI=1S/C22H20ClN3O2/c1-3-14-6-4-9-17(10-14)26-22-20(13(2)25-26)18(12-19(27)24-22)21(28)15-7-5-8-16(23)11-15/h4-11,18H,3,12H2,1-2H3,(H,24,27)/t18-/m1/s1.